The number of ketones is 1. The molecule has 2 aliphatic heterocycles. The average Bonchev–Trinajstić information content (AvgIpc) is 3.23. The van der Waals surface area contributed by atoms with Crippen LogP contribution in [0.1, 0.15) is 58.8 Å². The highest BCUT2D eigenvalue weighted by molar-refractivity contribution is 6.12. The summed E-state index contributed by atoms with van der Waals surface area (Å²) in [5.74, 6) is -3.61. The van der Waals surface area contributed by atoms with Crippen molar-refractivity contribution in [1.29, 1.82) is 0 Å². The Hall–Kier alpha value is -1.90. The van der Waals surface area contributed by atoms with Crippen LogP contribution in [-0.2, 0) is 19.1 Å². The molecular weight excluding hydrogens is 389 g/mol. The lowest BCUT2D eigenvalue weighted by Crippen LogP contribution is -2.67. The monoisotopic (exact) mass is 416 g/mol. The van der Waals surface area contributed by atoms with Gasteiger partial charge in [-0.05, 0) is 39.5 Å². The number of Topliss-reactive ketones (excluding diaryl/α,β-unsaturated/α-hetero) is 1. The summed E-state index contributed by atoms with van der Waals surface area (Å²) in [7, 11) is 0. The van der Waals surface area contributed by atoms with Crippen molar-refractivity contribution in [2.75, 3.05) is 13.2 Å². The van der Waals surface area contributed by atoms with Crippen LogP contribution in [0.2, 0.25) is 0 Å². The quantitative estimate of drug-likeness (QED) is 0.748. The Labute approximate surface area is 167 Å². The number of hydrogen-bond acceptors (Lipinski definition) is 4. The summed E-state index contributed by atoms with van der Waals surface area (Å²) in [4.78, 5) is 39.1. The fourth-order valence-corrected chi connectivity index (χ4v) is 4.70. The lowest BCUT2D eigenvalue weighted by Gasteiger charge is -2.35. The van der Waals surface area contributed by atoms with Gasteiger partial charge in [0.25, 0.3) is 5.91 Å². The van der Waals surface area contributed by atoms with Crippen molar-refractivity contribution in [2.24, 2.45) is 5.92 Å². The first kappa shape index (κ1) is 21.8. The zero-order valence-electron chi connectivity index (χ0n) is 16.7. The summed E-state index contributed by atoms with van der Waals surface area (Å²) in [5.41, 5.74) is -4.10. The normalized spacial score (nSPS) is 28.9. The molecule has 0 aromatic rings. The van der Waals surface area contributed by atoms with Crippen LogP contribution in [-0.4, -0.2) is 53.5 Å². The third kappa shape index (κ3) is 3.81. The molecule has 0 aromatic carbocycles. The first-order valence-electron chi connectivity index (χ1n) is 10.1. The average molecular weight is 416 g/mol. The van der Waals surface area contributed by atoms with Gasteiger partial charge in [-0.25, -0.2) is 0 Å². The van der Waals surface area contributed by atoms with Crippen LogP contribution < -0.4 is 5.32 Å². The fourth-order valence-electron chi connectivity index (χ4n) is 4.70. The van der Waals surface area contributed by atoms with E-state index in [1.165, 1.54) is 6.92 Å². The molecule has 2 heterocycles. The second-order valence-electron chi connectivity index (χ2n) is 8.14. The van der Waals surface area contributed by atoms with Gasteiger partial charge in [0.15, 0.2) is 5.78 Å². The SMILES string of the molecule is CC(=O)C1=C(C)N(CC2CCCO2)C(=O)C1(NC(=O)C1CCCCC1)C(F)(F)F. The van der Waals surface area contributed by atoms with Crippen molar-refractivity contribution in [3.8, 4) is 0 Å². The molecule has 2 unspecified atom stereocenters. The van der Waals surface area contributed by atoms with Crippen LogP contribution in [0.25, 0.3) is 0 Å². The second kappa shape index (κ2) is 8.08. The van der Waals surface area contributed by atoms with Gasteiger partial charge in [-0.1, -0.05) is 19.3 Å². The van der Waals surface area contributed by atoms with Gasteiger partial charge >= 0.3 is 6.18 Å². The van der Waals surface area contributed by atoms with E-state index in [2.05, 4.69) is 0 Å². The maximum absolute atomic E-state index is 14.4. The zero-order chi connectivity index (χ0) is 21.4. The van der Waals surface area contributed by atoms with E-state index in [0.717, 1.165) is 37.5 Å². The highest BCUT2D eigenvalue weighted by Crippen LogP contribution is 2.45. The minimum absolute atomic E-state index is 0.0701. The molecule has 0 radical (unpaired) electrons. The van der Waals surface area contributed by atoms with Gasteiger partial charge in [0.2, 0.25) is 11.4 Å². The Balaban J connectivity index is 1.99. The third-order valence-electron chi connectivity index (χ3n) is 6.18. The van der Waals surface area contributed by atoms with Gasteiger partial charge in [0.05, 0.1) is 18.2 Å². The summed E-state index contributed by atoms with van der Waals surface area (Å²) in [6.45, 7) is 2.73. The Morgan fingerprint density at radius 1 is 1.17 bits per heavy atom. The molecule has 3 aliphatic rings. The molecule has 1 saturated heterocycles. The van der Waals surface area contributed by atoms with Gasteiger partial charge in [0.1, 0.15) is 0 Å². The van der Waals surface area contributed by atoms with Crippen LogP contribution in [0.4, 0.5) is 13.2 Å². The summed E-state index contributed by atoms with van der Waals surface area (Å²) in [6.07, 6.45) is -0.757. The van der Waals surface area contributed by atoms with Crippen molar-refractivity contribution >= 4 is 17.6 Å². The van der Waals surface area contributed by atoms with E-state index in [0.29, 0.717) is 25.9 Å². The number of ether oxygens (including phenoxy) is 1. The van der Waals surface area contributed by atoms with Crippen molar-refractivity contribution in [2.45, 2.75) is 76.6 Å². The van der Waals surface area contributed by atoms with E-state index in [1.54, 1.807) is 0 Å². The number of allylic oxidation sites excluding steroid dienone is 1. The minimum atomic E-state index is -5.15. The van der Waals surface area contributed by atoms with Gasteiger partial charge in [0, 0.05) is 18.2 Å². The number of carbonyl (C=O) groups is 3. The van der Waals surface area contributed by atoms with E-state index in [4.69, 9.17) is 4.74 Å². The number of rotatable bonds is 5. The Morgan fingerprint density at radius 3 is 2.34 bits per heavy atom. The molecule has 162 valence electrons. The Kier molecular flexibility index (Phi) is 6.08. The maximum Gasteiger partial charge on any atom is 0.425 e. The Morgan fingerprint density at radius 2 is 1.83 bits per heavy atom. The molecular formula is C20H27F3N2O4. The number of nitrogens with one attached hydrogen (secondary N) is 1. The van der Waals surface area contributed by atoms with Crippen LogP contribution in [0, 0.1) is 5.92 Å². The lowest BCUT2D eigenvalue weighted by atomic mass is 9.84. The topological polar surface area (TPSA) is 75.7 Å². The highest BCUT2D eigenvalue weighted by Gasteiger charge is 2.70. The van der Waals surface area contributed by atoms with Gasteiger partial charge in [-0.15, -0.1) is 0 Å². The largest absolute Gasteiger partial charge is 0.425 e. The number of carbonyl (C=O) groups excluding carboxylic acids is 3. The van der Waals surface area contributed by atoms with Crippen molar-refractivity contribution in [1.82, 2.24) is 10.2 Å². The molecule has 29 heavy (non-hydrogen) atoms. The van der Waals surface area contributed by atoms with Crippen molar-refractivity contribution in [3.05, 3.63) is 11.3 Å². The molecule has 0 aromatic heterocycles. The molecule has 6 nitrogen and oxygen atoms in total. The lowest BCUT2D eigenvalue weighted by molar-refractivity contribution is -0.195. The number of halogens is 3. The van der Waals surface area contributed by atoms with E-state index >= 15 is 0 Å². The van der Waals surface area contributed by atoms with E-state index in [1.807, 2.05) is 5.32 Å². The van der Waals surface area contributed by atoms with Crippen LogP contribution in [0.5, 0.6) is 0 Å². The van der Waals surface area contributed by atoms with E-state index in [-0.39, 0.29) is 18.3 Å². The zero-order valence-corrected chi connectivity index (χ0v) is 16.7. The van der Waals surface area contributed by atoms with Crippen LogP contribution in [0.3, 0.4) is 0 Å². The smallest absolute Gasteiger partial charge is 0.376 e. The number of alkyl halides is 3. The van der Waals surface area contributed by atoms with Crippen molar-refractivity contribution < 1.29 is 32.3 Å². The number of nitrogens with zero attached hydrogens (tertiary/aromatic N) is 1. The van der Waals surface area contributed by atoms with Gasteiger partial charge in [-0.2, -0.15) is 13.2 Å². The first-order chi connectivity index (χ1) is 13.6. The van der Waals surface area contributed by atoms with E-state index < -0.39 is 40.8 Å². The molecule has 0 spiro atoms. The molecule has 0 bridgehead atoms. The summed E-state index contributed by atoms with van der Waals surface area (Å²) in [5, 5.41) is 1.99. The summed E-state index contributed by atoms with van der Waals surface area (Å²) < 4.78 is 48.6. The summed E-state index contributed by atoms with van der Waals surface area (Å²) >= 11 is 0. The van der Waals surface area contributed by atoms with Crippen LogP contribution >= 0.6 is 0 Å². The second-order valence-corrected chi connectivity index (χ2v) is 8.14. The van der Waals surface area contributed by atoms with E-state index in [9.17, 15) is 27.6 Å². The minimum Gasteiger partial charge on any atom is -0.376 e. The van der Waals surface area contributed by atoms with Crippen LogP contribution in [0.15, 0.2) is 11.3 Å². The molecule has 2 amide bonds. The third-order valence-corrected chi connectivity index (χ3v) is 6.18. The Bertz CT molecular complexity index is 722. The number of amides is 2. The summed E-state index contributed by atoms with van der Waals surface area (Å²) in [6, 6.07) is 0. The maximum atomic E-state index is 14.4. The predicted molar refractivity (Wildman–Crippen MR) is 97.6 cm³/mol. The van der Waals surface area contributed by atoms with Crippen molar-refractivity contribution in [3.63, 3.8) is 0 Å². The molecule has 3 rings (SSSR count). The number of hydrogen-bond donors (Lipinski definition) is 1. The predicted octanol–water partition coefficient (Wildman–Crippen LogP) is 2.87. The molecule has 2 fully saturated rings. The standard InChI is InChI=1S/C20H27F3N2O4/c1-12-16(13(2)26)19(20(21,22)23,24-17(27)14-7-4-3-5-8-14)18(28)25(12)11-15-9-6-10-29-15/h14-15H,3-11H2,1-2H3,(H,24,27). The molecule has 2 atom stereocenters. The highest BCUT2D eigenvalue weighted by atomic mass is 19.4. The fraction of sp³-hybridized carbons (Fsp3) is 0.750. The van der Waals surface area contributed by atoms with Gasteiger partial charge < -0.3 is 15.0 Å². The molecule has 1 saturated carbocycles. The first-order valence-corrected chi connectivity index (χ1v) is 10.1. The molecule has 9 heteroatoms. The molecule has 1 N–H and O–H groups in total. The molecule has 1 aliphatic carbocycles. The van der Waals surface area contributed by atoms with Gasteiger partial charge in [-0.3, -0.25) is 14.4 Å².